The highest BCUT2D eigenvalue weighted by Crippen LogP contribution is 2.18. The first-order valence-corrected chi connectivity index (χ1v) is 7.64. The van der Waals surface area contributed by atoms with E-state index in [1.54, 1.807) is 23.1 Å². The van der Waals surface area contributed by atoms with E-state index in [0.29, 0.717) is 16.8 Å². The molecular weight excluding hydrogens is 322 g/mol. The summed E-state index contributed by atoms with van der Waals surface area (Å²) in [4.78, 5) is 20.8. The number of piperidine rings is 1. The third-order valence-electron chi connectivity index (χ3n) is 3.66. The maximum Gasteiger partial charge on any atom is 0.272 e. The summed E-state index contributed by atoms with van der Waals surface area (Å²) in [5.74, 6) is -0.102. The van der Waals surface area contributed by atoms with Crippen LogP contribution in [0.3, 0.4) is 0 Å². The van der Waals surface area contributed by atoms with E-state index in [4.69, 9.17) is 0 Å². The first kappa shape index (κ1) is 15.4. The molecule has 0 bridgehead atoms. The summed E-state index contributed by atoms with van der Waals surface area (Å²) in [6.45, 7) is 2.30. The molecule has 1 amide bonds. The van der Waals surface area contributed by atoms with Crippen molar-refractivity contribution in [2.45, 2.75) is 18.9 Å². The molecule has 2 rings (SSSR count). The molecule has 0 radical (unpaired) electrons. The van der Waals surface area contributed by atoms with Crippen LogP contribution in [0.5, 0.6) is 0 Å². The standard InChI is InChI=1S/C14H20BrN3O2/c1-17-7-5-11(6-8-17)18(9-10-19)14(20)12-3-2-4-13(15)16-12/h2-4,11,19H,5-10H2,1H3. The minimum absolute atomic E-state index is 0.0217. The summed E-state index contributed by atoms with van der Waals surface area (Å²) in [6.07, 6.45) is 1.88. The molecule has 0 unspecified atom stereocenters. The number of aromatic nitrogens is 1. The van der Waals surface area contributed by atoms with Crippen molar-refractivity contribution in [1.29, 1.82) is 0 Å². The van der Waals surface area contributed by atoms with Gasteiger partial charge >= 0.3 is 0 Å². The Morgan fingerprint density at radius 2 is 2.20 bits per heavy atom. The lowest BCUT2D eigenvalue weighted by atomic mass is 10.0. The summed E-state index contributed by atoms with van der Waals surface area (Å²) < 4.78 is 0.649. The Hall–Kier alpha value is -0.980. The van der Waals surface area contributed by atoms with E-state index < -0.39 is 0 Å². The van der Waals surface area contributed by atoms with Crippen LogP contribution in [-0.2, 0) is 0 Å². The molecule has 0 spiro atoms. The van der Waals surface area contributed by atoms with Gasteiger partial charge in [-0.05, 0) is 61.0 Å². The number of nitrogens with zero attached hydrogens (tertiary/aromatic N) is 3. The highest BCUT2D eigenvalue weighted by atomic mass is 79.9. The van der Waals surface area contributed by atoms with Gasteiger partial charge in [0.25, 0.3) is 5.91 Å². The van der Waals surface area contributed by atoms with Gasteiger partial charge in [-0.25, -0.2) is 4.98 Å². The zero-order valence-corrected chi connectivity index (χ0v) is 13.2. The van der Waals surface area contributed by atoms with Crippen molar-refractivity contribution in [1.82, 2.24) is 14.8 Å². The maximum absolute atomic E-state index is 12.6. The fourth-order valence-corrected chi connectivity index (χ4v) is 2.88. The topological polar surface area (TPSA) is 56.7 Å². The van der Waals surface area contributed by atoms with E-state index >= 15 is 0 Å². The van der Waals surface area contributed by atoms with Gasteiger partial charge in [0.15, 0.2) is 0 Å². The van der Waals surface area contributed by atoms with Crippen molar-refractivity contribution < 1.29 is 9.90 Å². The maximum atomic E-state index is 12.6. The monoisotopic (exact) mass is 341 g/mol. The Bertz CT molecular complexity index is 461. The zero-order chi connectivity index (χ0) is 14.5. The molecule has 1 saturated heterocycles. The van der Waals surface area contributed by atoms with Crippen LogP contribution < -0.4 is 0 Å². The smallest absolute Gasteiger partial charge is 0.272 e. The van der Waals surface area contributed by atoms with Gasteiger partial charge in [0.1, 0.15) is 10.3 Å². The van der Waals surface area contributed by atoms with Crippen LogP contribution in [0.2, 0.25) is 0 Å². The number of carbonyl (C=O) groups excluding carboxylic acids is 1. The molecule has 1 aliphatic rings. The van der Waals surface area contributed by atoms with Crippen molar-refractivity contribution in [3.63, 3.8) is 0 Å². The first-order valence-electron chi connectivity index (χ1n) is 6.84. The molecular formula is C14H20BrN3O2. The third-order valence-corrected chi connectivity index (χ3v) is 4.11. The minimum Gasteiger partial charge on any atom is -0.395 e. The average Bonchev–Trinajstić information content (AvgIpc) is 2.45. The van der Waals surface area contributed by atoms with Gasteiger partial charge in [-0.1, -0.05) is 6.07 Å². The SMILES string of the molecule is CN1CCC(N(CCO)C(=O)c2cccc(Br)n2)CC1. The number of hydrogen-bond acceptors (Lipinski definition) is 4. The Morgan fingerprint density at radius 3 is 2.80 bits per heavy atom. The van der Waals surface area contributed by atoms with E-state index in [2.05, 4.69) is 32.9 Å². The van der Waals surface area contributed by atoms with Crippen molar-refractivity contribution in [2.75, 3.05) is 33.3 Å². The number of hydrogen-bond donors (Lipinski definition) is 1. The van der Waals surface area contributed by atoms with Gasteiger partial charge in [-0.15, -0.1) is 0 Å². The van der Waals surface area contributed by atoms with Gasteiger partial charge in [0.2, 0.25) is 0 Å². The second kappa shape index (κ2) is 7.15. The van der Waals surface area contributed by atoms with Gasteiger partial charge in [0, 0.05) is 12.6 Å². The second-order valence-corrected chi connectivity index (χ2v) is 5.91. The van der Waals surface area contributed by atoms with Crippen LogP contribution in [-0.4, -0.2) is 65.1 Å². The summed E-state index contributed by atoms with van der Waals surface area (Å²) >= 11 is 3.28. The Kier molecular flexibility index (Phi) is 5.51. The molecule has 1 aromatic heterocycles. The van der Waals surface area contributed by atoms with E-state index in [0.717, 1.165) is 25.9 Å². The predicted octanol–water partition coefficient (Wildman–Crippen LogP) is 1.37. The fraction of sp³-hybridized carbons (Fsp3) is 0.571. The molecule has 110 valence electrons. The summed E-state index contributed by atoms with van der Waals surface area (Å²) in [7, 11) is 2.09. The largest absolute Gasteiger partial charge is 0.395 e. The minimum atomic E-state index is -0.102. The van der Waals surface area contributed by atoms with Crippen molar-refractivity contribution in [2.24, 2.45) is 0 Å². The molecule has 2 heterocycles. The number of pyridine rings is 1. The molecule has 6 heteroatoms. The number of aliphatic hydroxyl groups is 1. The molecule has 0 aromatic carbocycles. The van der Waals surface area contributed by atoms with Gasteiger partial charge in [0.05, 0.1) is 6.61 Å². The molecule has 1 aromatic rings. The van der Waals surface area contributed by atoms with Crippen molar-refractivity contribution in [3.8, 4) is 0 Å². The Morgan fingerprint density at radius 1 is 1.50 bits per heavy atom. The van der Waals surface area contributed by atoms with Crippen LogP contribution in [0.15, 0.2) is 22.8 Å². The highest BCUT2D eigenvalue weighted by Gasteiger charge is 2.27. The van der Waals surface area contributed by atoms with Crippen LogP contribution in [0.4, 0.5) is 0 Å². The number of likely N-dealkylation sites (tertiary alicyclic amines) is 1. The molecule has 1 fully saturated rings. The molecule has 1 N–H and O–H groups in total. The van der Waals surface area contributed by atoms with Crippen LogP contribution in [0.1, 0.15) is 23.3 Å². The van der Waals surface area contributed by atoms with Crippen LogP contribution in [0.25, 0.3) is 0 Å². The molecule has 0 saturated carbocycles. The number of rotatable bonds is 4. The van der Waals surface area contributed by atoms with E-state index in [1.165, 1.54) is 0 Å². The average molecular weight is 342 g/mol. The van der Waals surface area contributed by atoms with Crippen LogP contribution in [0, 0.1) is 0 Å². The van der Waals surface area contributed by atoms with E-state index in [1.807, 2.05) is 0 Å². The first-order chi connectivity index (χ1) is 9.61. The van der Waals surface area contributed by atoms with E-state index in [-0.39, 0.29) is 18.6 Å². The van der Waals surface area contributed by atoms with E-state index in [9.17, 15) is 9.90 Å². The lowest BCUT2D eigenvalue weighted by Crippen LogP contribution is -2.47. The van der Waals surface area contributed by atoms with Gasteiger partial charge in [-0.2, -0.15) is 0 Å². The molecule has 5 nitrogen and oxygen atoms in total. The predicted molar refractivity (Wildman–Crippen MR) is 80.6 cm³/mol. The molecule has 20 heavy (non-hydrogen) atoms. The lowest BCUT2D eigenvalue weighted by molar-refractivity contribution is 0.0534. The zero-order valence-electron chi connectivity index (χ0n) is 11.6. The number of aliphatic hydroxyl groups excluding tert-OH is 1. The molecule has 0 atom stereocenters. The molecule has 1 aliphatic heterocycles. The van der Waals surface area contributed by atoms with Crippen molar-refractivity contribution >= 4 is 21.8 Å². The normalized spacial score (nSPS) is 17.1. The Labute approximate surface area is 127 Å². The molecule has 0 aliphatic carbocycles. The fourth-order valence-electron chi connectivity index (χ4n) is 2.54. The van der Waals surface area contributed by atoms with Crippen LogP contribution >= 0.6 is 15.9 Å². The van der Waals surface area contributed by atoms with Gasteiger partial charge < -0.3 is 14.9 Å². The summed E-state index contributed by atoms with van der Waals surface area (Å²) in [5, 5.41) is 9.24. The third kappa shape index (κ3) is 3.77. The number of amides is 1. The highest BCUT2D eigenvalue weighted by molar-refractivity contribution is 9.10. The second-order valence-electron chi connectivity index (χ2n) is 5.10. The summed E-state index contributed by atoms with van der Waals surface area (Å²) in [5.41, 5.74) is 0.423. The van der Waals surface area contributed by atoms with Crippen molar-refractivity contribution in [3.05, 3.63) is 28.5 Å². The Balaban J connectivity index is 2.13. The quantitative estimate of drug-likeness (QED) is 0.840. The van der Waals surface area contributed by atoms with Gasteiger partial charge in [-0.3, -0.25) is 4.79 Å². The summed E-state index contributed by atoms with van der Waals surface area (Å²) in [6, 6.07) is 5.50. The number of halogens is 1. The lowest BCUT2D eigenvalue weighted by Gasteiger charge is -2.37. The number of carbonyl (C=O) groups is 1.